The summed E-state index contributed by atoms with van der Waals surface area (Å²) in [5, 5.41) is 0. The number of hydrogen-bond acceptors (Lipinski definition) is 1. The zero-order valence-corrected chi connectivity index (χ0v) is 9.97. The van der Waals surface area contributed by atoms with Gasteiger partial charge in [0.15, 0.2) is 0 Å². The van der Waals surface area contributed by atoms with Crippen LogP contribution in [0.4, 0.5) is 0 Å². The molecule has 1 rings (SSSR count). The highest BCUT2D eigenvalue weighted by molar-refractivity contribution is 5.82. The van der Waals surface area contributed by atoms with Crippen LogP contribution in [-0.2, 0) is 4.79 Å². The fourth-order valence-corrected chi connectivity index (χ4v) is 1.60. The van der Waals surface area contributed by atoms with Crippen LogP contribution in [0.3, 0.4) is 0 Å². The van der Waals surface area contributed by atoms with Gasteiger partial charge in [0.2, 0.25) is 5.91 Å². The number of unbranched alkanes of at least 4 members (excludes halogenated alkanes) is 1. The van der Waals surface area contributed by atoms with E-state index >= 15 is 0 Å². The molecule has 2 heteroatoms. The van der Waals surface area contributed by atoms with E-state index in [1.54, 1.807) is 0 Å². The van der Waals surface area contributed by atoms with Crippen molar-refractivity contribution in [2.24, 2.45) is 5.41 Å². The van der Waals surface area contributed by atoms with Crippen LogP contribution in [0.1, 0.15) is 53.4 Å². The second-order valence-electron chi connectivity index (χ2n) is 5.33. The van der Waals surface area contributed by atoms with E-state index in [1.165, 1.54) is 19.3 Å². The average Bonchev–Trinajstić information content (AvgIpc) is 2.86. The van der Waals surface area contributed by atoms with Gasteiger partial charge in [0.05, 0.1) is 0 Å². The van der Waals surface area contributed by atoms with Crippen molar-refractivity contribution in [1.29, 1.82) is 0 Å². The third kappa shape index (κ3) is 3.00. The zero-order valence-electron chi connectivity index (χ0n) is 9.97. The molecular weight excluding hydrogens is 174 g/mol. The normalized spacial score (nSPS) is 16.9. The van der Waals surface area contributed by atoms with Gasteiger partial charge in [-0.15, -0.1) is 0 Å². The molecule has 1 aliphatic rings. The first-order chi connectivity index (χ1) is 6.46. The molecule has 0 heterocycles. The molecule has 0 aromatic rings. The topological polar surface area (TPSA) is 20.3 Å². The molecule has 0 bridgehead atoms. The minimum absolute atomic E-state index is 0.212. The van der Waals surface area contributed by atoms with E-state index in [0.29, 0.717) is 11.9 Å². The van der Waals surface area contributed by atoms with Crippen LogP contribution in [0, 0.1) is 5.41 Å². The molecule has 0 aromatic carbocycles. The molecule has 82 valence electrons. The van der Waals surface area contributed by atoms with Crippen molar-refractivity contribution in [3.8, 4) is 0 Å². The Balaban J connectivity index is 2.53. The van der Waals surface area contributed by atoms with Crippen molar-refractivity contribution in [3.63, 3.8) is 0 Å². The Kier molecular flexibility index (Phi) is 3.57. The molecule has 14 heavy (non-hydrogen) atoms. The Morgan fingerprint density at radius 1 is 1.36 bits per heavy atom. The summed E-state index contributed by atoms with van der Waals surface area (Å²) in [6.07, 6.45) is 4.73. The third-order valence-corrected chi connectivity index (χ3v) is 2.64. The summed E-state index contributed by atoms with van der Waals surface area (Å²) in [6.45, 7) is 9.16. The van der Waals surface area contributed by atoms with Crippen LogP contribution in [-0.4, -0.2) is 23.4 Å². The molecule has 0 radical (unpaired) electrons. The molecular formula is C12H23NO. The van der Waals surface area contributed by atoms with Crippen LogP contribution >= 0.6 is 0 Å². The fourth-order valence-electron chi connectivity index (χ4n) is 1.60. The van der Waals surface area contributed by atoms with E-state index in [2.05, 4.69) is 11.8 Å². The molecule has 1 aliphatic carbocycles. The van der Waals surface area contributed by atoms with Crippen molar-refractivity contribution >= 4 is 5.91 Å². The number of rotatable bonds is 4. The van der Waals surface area contributed by atoms with Gasteiger partial charge in [-0.05, 0) is 19.3 Å². The summed E-state index contributed by atoms with van der Waals surface area (Å²) in [5.74, 6) is 0.327. The van der Waals surface area contributed by atoms with Gasteiger partial charge in [0.25, 0.3) is 0 Å². The van der Waals surface area contributed by atoms with Crippen LogP contribution in [0.2, 0.25) is 0 Å². The van der Waals surface area contributed by atoms with Gasteiger partial charge in [0, 0.05) is 18.0 Å². The van der Waals surface area contributed by atoms with Gasteiger partial charge >= 0.3 is 0 Å². The van der Waals surface area contributed by atoms with Crippen molar-refractivity contribution in [2.75, 3.05) is 6.54 Å². The van der Waals surface area contributed by atoms with Crippen LogP contribution in [0.15, 0.2) is 0 Å². The second kappa shape index (κ2) is 4.33. The highest BCUT2D eigenvalue weighted by Crippen LogP contribution is 2.31. The van der Waals surface area contributed by atoms with E-state index in [1.807, 2.05) is 20.8 Å². The largest absolute Gasteiger partial charge is 0.339 e. The lowest BCUT2D eigenvalue weighted by Crippen LogP contribution is -2.41. The molecule has 1 saturated carbocycles. The standard InChI is InChI=1S/C12H23NO/c1-5-6-9-13(10-7-8-10)11(14)12(2,3)4/h10H,5-9H2,1-4H3. The SMILES string of the molecule is CCCCN(C(=O)C(C)(C)C)C1CC1. The van der Waals surface area contributed by atoms with E-state index in [4.69, 9.17) is 0 Å². The van der Waals surface area contributed by atoms with Crippen molar-refractivity contribution in [1.82, 2.24) is 4.90 Å². The molecule has 0 atom stereocenters. The Labute approximate surface area is 87.7 Å². The summed E-state index contributed by atoms with van der Waals surface area (Å²) in [6, 6.07) is 0.563. The molecule has 0 unspecified atom stereocenters. The maximum atomic E-state index is 12.1. The summed E-state index contributed by atoms with van der Waals surface area (Å²) < 4.78 is 0. The first-order valence-corrected chi connectivity index (χ1v) is 5.78. The first kappa shape index (κ1) is 11.5. The predicted octanol–water partition coefficient (Wildman–Crippen LogP) is 2.82. The maximum absolute atomic E-state index is 12.1. The van der Waals surface area contributed by atoms with Gasteiger partial charge in [-0.2, -0.15) is 0 Å². The van der Waals surface area contributed by atoms with Crippen LogP contribution in [0.5, 0.6) is 0 Å². The van der Waals surface area contributed by atoms with Gasteiger partial charge in [0.1, 0.15) is 0 Å². The van der Waals surface area contributed by atoms with Crippen molar-refractivity contribution < 1.29 is 4.79 Å². The molecule has 1 amide bonds. The second-order valence-corrected chi connectivity index (χ2v) is 5.33. The third-order valence-electron chi connectivity index (χ3n) is 2.64. The quantitative estimate of drug-likeness (QED) is 0.678. The van der Waals surface area contributed by atoms with E-state index in [-0.39, 0.29) is 5.41 Å². The van der Waals surface area contributed by atoms with Gasteiger partial charge in [-0.3, -0.25) is 4.79 Å². The number of amides is 1. The molecule has 2 nitrogen and oxygen atoms in total. The Hall–Kier alpha value is -0.530. The lowest BCUT2D eigenvalue weighted by atomic mass is 9.94. The summed E-state index contributed by atoms with van der Waals surface area (Å²) in [4.78, 5) is 14.2. The highest BCUT2D eigenvalue weighted by atomic mass is 16.2. The lowest BCUT2D eigenvalue weighted by molar-refractivity contribution is -0.140. The van der Waals surface area contributed by atoms with Gasteiger partial charge in [-0.25, -0.2) is 0 Å². The Bertz CT molecular complexity index is 201. The zero-order chi connectivity index (χ0) is 10.8. The molecule has 0 aliphatic heterocycles. The van der Waals surface area contributed by atoms with Crippen molar-refractivity contribution in [2.45, 2.75) is 59.4 Å². The van der Waals surface area contributed by atoms with Gasteiger partial charge < -0.3 is 4.90 Å². The number of nitrogens with zero attached hydrogens (tertiary/aromatic N) is 1. The van der Waals surface area contributed by atoms with Crippen molar-refractivity contribution in [3.05, 3.63) is 0 Å². The number of carbonyl (C=O) groups is 1. The summed E-state index contributed by atoms with van der Waals surface area (Å²) >= 11 is 0. The van der Waals surface area contributed by atoms with Crippen LogP contribution < -0.4 is 0 Å². The molecule has 0 N–H and O–H groups in total. The van der Waals surface area contributed by atoms with E-state index < -0.39 is 0 Å². The summed E-state index contributed by atoms with van der Waals surface area (Å²) in [5.41, 5.74) is -0.212. The fraction of sp³-hybridized carbons (Fsp3) is 0.917. The van der Waals surface area contributed by atoms with Gasteiger partial charge in [-0.1, -0.05) is 34.1 Å². The molecule has 0 spiro atoms. The Morgan fingerprint density at radius 2 is 1.93 bits per heavy atom. The monoisotopic (exact) mass is 197 g/mol. The first-order valence-electron chi connectivity index (χ1n) is 5.78. The average molecular weight is 197 g/mol. The van der Waals surface area contributed by atoms with E-state index in [9.17, 15) is 4.79 Å². The minimum atomic E-state index is -0.212. The van der Waals surface area contributed by atoms with Crippen LogP contribution in [0.25, 0.3) is 0 Å². The van der Waals surface area contributed by atoms with E-state index in [0.717, 1.165) is 13.0 Å². The lowest BCUT2D eigenvalue weighted by Gasteiger charge is -2.29. The predicted molar refractivity (Wildman–Crippen MR) is 59.1 cm³/mol. The molecule has 0 aromatic heterocycles. The summed E-state index contributed by atoms with van der Waals surface area (Å²) in [7, 11) is 0. The number of carbonyl (C=O) groups excluding carboxylic acids is 1. The molecule has 1 fully saturated rings. The minimum Gasteiger partial charge on any atom is -0.339 e. The maximum Gasteiger partial charge on any atom is 0.228 e. The highest BCUT2D eigenvalue weighted by Gasteiger charge is 2.36. The molecule has 0 saturated heterocycles. The smallest absolute Gasteiger partial charge is 0.228 e. The number of hydrogen-bond donors (Lipinski definition) is 0. The Morgan fingerprint density at radius 3 is 2.29 bits per heavy atom.